The van der Waals surface area contributed by atoms with Gasteiger partial charge in [0.25, 0.3) is 0 Å². The van der Waals surface area contributed by atoms with Crippen molar-refractivity contribution < 1.29 is 17.8 Å². The highest BCUT2D eigenvalue weighted by Gasteiger charge is 2.64. The van der Waals surface area contributed by atoms with Crippen molar-refractivity contribution in [3.63, 3.8) is 0 Å². The number of allylic oxidation sites excluding steroid dienone is 2. The molecule has 4 unspecified atom stereocenters. The average Bonchev–Trinajstić information content (AvgIpc) is 2.89. The third kappa shape index (κ3) is 1.96. The van der Waals surface area contributed by atoms with E-state index in [-0.39, 0.29) is 5.92 Å². The van der Waals surface area contributed by atoms with Gasteiger partial charge >= 0.3 is 7.60 Å². The van der Waals surface area contributed by atoms with Crippen LogP contribution in [0.4, 0.5) is 0 Å². The van der Waals surface area contributed by atoms with E-state index < -0.39 is 22.9 Å². The molecule has 2 rings (SSSR count). The highest BCUT2D eigenvalue weighted by Crippen LogP contribution is 2.71. The Morgan fingerprint density at radius 1 is 1.33 bits per heavy atom. The first-order valence-electron chi connectivity index (χ1n) is 6.41. The predicted octanol–water partition coefficient (Wildman–Crippen LogP) is 2.92. The maximum Gasteiger partial charge on any atom is 0.349 e. The Morgan fingerprint density at radius 3 is 2.28 bits per heavy atom. The molecule has 0 radical (unpaired) electrons. The lowest BCUT2D eigenvalue weighted by molar-refractivity contribution is 0.203. The molecule has 1 saturated carbocycles. The molecule has 0 N–H and O–H groups in total. The summed E-state index contributed by atoms with van der Waals surface area (Å²) in [5.74, 6) is 0.422. The van der Waals surface area contributed by atoms with Crippen molar-refractivity contribution in [2.45, 2.75) is 31.2 Å². The maximum absolute atomic E-state index is 13.1. The summed E-state index contributed by atoms with van der Waals surface area (Å²) in [5.41, 5.74) is 0. The van der Waals surface area contributed by atoms with Crippen LogP contribution in [0.25, 0.3) is 0 Å². The van der Waals surface area contributed by atoms with Crippen LogP contribution in [0.2, 0.25) is 0 Å². The van der Waals surface area contributed by atoms with E-state index in [0.29, 0.717) is 25.6 Å². The first-order chi connectivity index (χ1) is 8.50. The second kappa shape index (κ2) is 5.20. The van der Waals surface area contributed by atoms with Gasteiger partial charge in [-0.2, -0.15) is 0 Å². The van der Waals surface area contributed by atoms with E-state index in [4.69, 9.17) is 9.05 Å². The van der Waals surface area contributed by atoms with E-state index in [1.165, 1.54) is 0 Å². The number of hydrogen-bond acceptors (Lipinski definition) is 4. The molecule has 0 heterocycles. The van der Waals surface area contributed by atoms with Gasteiger partial charge in [0, 0.05) is 23.0 Å². The van der Waals surface area contributed by atoms with Crippen LogP contribution in [0, 0.1) is 11.8 Å². The lowest BCUT2D eigenvalue weighted by atomic mass is 10.1. The quantitative estimate of drug-likeness (QED) is 0.558. The molecule has 0 aromatic carbocycles. The summed E-state index contributed by atoms with van der Waals surface area (Å²) in [6.45, 7) is 4.22. The van der Waals surface area contributed by atoms with Gasteiger partial charge in [-0.1, -0.05) is 12.2 Å². The summed E-state index contributed by atoms with van der Waals surface area (Å²) < 4.78 is 35.5. The van der Waals surface area contributed by atoms with Crippen LogP contribution < -0.4 is 0 Å². The maximum atomic E-state index is 13.1. The van der Waals surface area contributed by atoms with E-state index in [1.807, 2.05) is 6.08 Å². The summed E-state index contributed by atoms with van der Waals surface area (Å²) in [5, 5.41) is 0. The van der Waals surface area contributed by atoms with Gasteiger partial charge in [0.05, 0.1) is 13.2 Å². The Morgan fingerprint density at radius 2 is 1.94 bits per heavy atom. The van der Waals surface area contributed by atoms with Crippen LogP contribution >= 0.6 is 7.60 Å². The van der Waals surface area contributed by atoms with Gasteiger partial charge in [-0.05, 0) is 32.6 Å². The number of rotatable bonds is 6. The zero-order valence-corrected chi connectivity index (χ0v) is 12.8. The highest BCUT2D eigenvalue weighted by molar-refractivity contribution is 7.94. The van der Waals surface area contributed by atoms with Crippen molar-refractivity contribution >= 4 is 18.4 Å². The SMILES string of the molecule is CCOP(=O)(OCC)C1(S(C)=O)CC2C=CC1C2. The van der Waals surface area contributed by atoms with E-state index in [0.717, 1.165) is 6.42 Å². The smallest absolute Gasteiger partial charge is 0.308 e. The molecule has 4 atom stereocenters. The summed E-state index contributed by atoms with van der Waals surface area (Å²) in [4.78, 5) is 0. The Hall–Kier alpha value is 0.0400. The van der Waals surface area contributed by atoms with Gasteiger partial charge in [-0.15, -0.1) is 0 Å². The topological polar surface area (TPSA) is 52.6 Å². The number of hydrogen-bond donors (Lipinski definition) is 0. The molecule has 0 spiro atoms. The lowest BCUT2D eigenvalue weighted by Gasteiger charge is -2.38. The van der Waals surface area contributed by atoms with Crippen LogP contribution in [-0.2, 0) is 24.4 Å². The average molecular weight is 292 g/mol. The third-order valence-corrected chi connectivity index (χ3v) is 9.41. The van der Waals surface area contributed by atoms with E-state index in [1.54, 1.807) is 20.1 Å². The lowest BCUT2D eigenvalue weighted by Crippen LogP contribution is -2.39. The monoisotopic (exact) mass is 292 g/mol. The van der Waals surface area contributed by atoms with Crippen molar-refractivity contribution in [2.24, 2.45) is 11.8 Å². The summed E-state index contributed by atoms with van der Waals surface area (Å²) in [7, 11) is -4.58. The Bertz CT molecular complexity index is 412. The minimum atomic E-state index is -3.35. The standard InChI is InChI=1S/C12H21O4PS/c1-4-15-17(13,16-5-2)12(18(3)14)9-10-6-7-11(12)8-10/h6-7,10-11H,4-5,8-9H2,1-3H3. The normalized spacial score (nSPS) is 36.2. The molecule has 2 bridgehead atoms. The Labute approximate surface area is 111 Å². The van der Waals surface area contributed by atoms with E-state index >= 15 is 0 Å². The molecule has 18 heavy (non-hydrogen) atoms. The molecule has 104 valence electrons. The summed E-state index contributed by atoms with van der Waals surface area (Å²) in [6.07, 6.45) is 7.37. The van der Waals surface area contributed by atoms with Gasteiger partial charge < -0.3 is 9.05 Å². The molecule has 0 aromatic rings. The highest BCUT2D eigenvalue weighted by atomic mass is 32.2. The molecular weight excluding hydrogens is 271 g/mol. The minimum Gasteiger partial charge on any atom is -0.308 e. The number of fused-ring (bicyclic) bond motifs is 2. The Balaban J connectivity index is 2.44. The van der Waals surface area contributed by atoms with Crippen LogP contribution in [0.15, 0.2) is 12.2 Å². The minimum absolute atomic E-state index is 0.0530. The molecule has 2 aliphatic rings. The molecule has 0 aliphatic heterocycles. The fourth-order valence-corrected chi connectivity index (χ4v) is 8.06. The van der Waals surface area contributed by atoms with Gasteiger partial charge in [-0.3, -0.25) is 8.77 Å². The van der Waals surface area contributed by atoms with Crippen molar-refractivity contribution in [1.82, 2.24) is 0 Å². The van der Waals surface area contributed by atoms with E-state index in [2.05, 4.69) is 6.08 Å². The molecule has 6 heteroatoms. The second-order valence-electron chi connectivity index (χ2n) is 4.82. The largest absolute Gasteiger partial charge is 0.349 e. The van der Waals surface area contributed by atoms with Crippen LogP contribution in [0.5, 0.6) is 0 Å². The first kappa shape index (κ1) is 14.4. The van der Waals surface area contributed by atoms with Crippen LogP contribution in [0.3, 0.4) is 0 Å². The fourth-order valence-electron chi connectivity index (χ4n) is 3.19. The predicted molar refractivity (Wildman–Crippen MR) is 73.0 cm³/mol. The molecule has 0 aromatic heterocycles. The Kier molecular flexibility index (Phi) is 4.17. The molecule has 2 aliphatic carbocycles. The van der Waals surface area contributed by atoms with Crippen molar-refractivity contribution in [1.29, 1.82) is 0 Å². The third-order valence-electron chi connectivity index (χ3n) is 3.87. The summed E-state index contributed by atoms with van der Waals surface area (Å²) in [6, 6.07) is 0. The first-order valence-corrected chi connectivity index (χ1v) is 9.51. The molecule has 0 amide bonds. The van der Waals surface area contributed by atoms with Crippen molar-refractivity contribution in [3.8, 4) is 0 Å². The molecule has 4 nitrogen and oxygen atoms in total. The zero-order chi connectivity index (χ0) is 13.4. The molecular formula is C12H21O4PS. The van der Waals surface area contributed by atoms with Gasteiger partial charge in [0.15, 0.2) is 4.49 Å². The summed E-state index contributed by atoms with van der Waals surface area (Å²) >= 11 is 0. The zero-order valence-electron chi connectivity index (χ0n) is 11.1. The second-order valence-corrected chi connectivity index (χ2v) is 9.07. The van der Waals surface area contributed by atoms with Crippen molar-refractivity contribution in [3.05, 3.63) is 12.2 Å². The van der Waals surface area contributed by atoms with Gasteiger partial charge in [-0.25, -0.2) is 0 Å². The van der Waals surface area contributed by atoms with Crippen LogP contribution in [-0.4, -0.2) is 28.2 Å². The fraction of sp³-hybridized carbons (Fsp3) is 0.833. The molecule has 0 saturated heterocycles. The van der Waals surface area contributed by atoms with Gasteiger partial charge in [0.2, 0.25) is 0 Å². The molecule has 1 fully saturated rings. The van der Waals surface area contributed by atoms with Crippen molar-refractivity contribution in [2.75, 3.05) is 19.5 Å². The van der Waals surface area contributed by atoms with Crippen LogP contribution in [0.1, 0.15) is 26.7 Å². The van der Waals surface area contributed by atoms with E-state index in [9.17, 15) is 8.77 Å². The van der Waals surface area contributed by atoms with Gasteiger partial charge in [0.1, 0.15) is 0 Å².